The Morgan fingerprint density at radius 3 is 2.37 bits per heavy atom. The highest BCUT2D eigenvalue weighted by Gasteiger charge is 2.61. The molecule has 1 saturated heterocycles. The Kier molecular flexibility index (Phi) is 5.24. The molecule has 0 saturated carbocycles. The molecule has 0 aliphatic carbocycles. The molecule has 1 aliphatic rings. The first-order chi connectivity index (χ1) is 8.69. The lowest BCUT2D eigenvalue weighted by atomic mass is 9.84. The van der Waals surface area contributed by atoms with Gasteiger partial charge >= 0.3 is 6.18 Å². The molecule has 19 heavy (non-hydrogen) atoms. The highest BCUT2D eigenvalue weighted by atomic mass is 19.4. The Hall–Kier alpha value is -0.780. The number of rotatable bonds is 5. The molecule has 1 heterocycles. The van der Waals surface area contributed by atoms with Crippen LogP contribution in [0.25, 0.3) is 0 Å². The molecule has 2 unspecified atom stereocenters. The van der Waals surface area contributed by atoms with Crippen LogP contribution in [0, 0.1) is 11.3 Å². The fraction of sp³-hybridized carbons (Fsp3) is 0.923. The summed E-state index contributed by atoms with van der Waals surface area (Å²) in [5.74, 6) is -0.412. The molecule has 1 amide bonds. The molecule has 0 aromatic heterocycles. The van der Waals surface area contributed by atoms with E-state index in [0.717, 1.165) is 6.42 Å². The molecule has 1 fully saturated rings. The molecule has 0 radical (unpaired) electrons. The van der Waals surface area contributed by atoms with Crippen molar-refractivity contribution in [1.82, 2.24) is 10.6 Å². The molecule has 0 aromatic rings. The van der Waals surface area contributed by atoms with Gasteiger partial charge in [-0.25, -0.2) is 0 Å². The number of hydrogen-bond donors (Lipinski definition) is 2. The van der Waals surface area contributed by atoms with Crippen LogP contribution in [-0.4, -0.2) is 31.2 Å². The van der Waals surface area contributed by atoms with E-state index in [1.165, 1.54) is 0 Å². The maximum Gasteiger partial charge on any atom is 0.404 e. The van der Waals surface area contributed by atoms with Gasteiger partial charge in [-0.15, -0.1) is 0 Å². The summed E-state index contributed by atoms with van der Waals surface area (Å²) >= 11 is 0. The average molecular weight is 280 g/mol. The van der Waals surface area contributed by atoms with Crippen molar-refractivity contribution in [2.45, 2.75) is 52.3 Å². The van der Waals surface area contributed by atoms with Crippen molar-refractivity contribution in [2.75, 3.05) is 13.1 Å². The molecule has 2 N–H and O–H groups in total. The van der Waals surface area contributed by atoms with Gasteiger partial charge in [-0.05, 0) is 38.6 Å². The number of alkyl halides is 3. The van der Waals surface area contributed by atoms with Crippen molar-refractivity contribution in [3.63, 3.8) is 0 Å². The minimum Gasteiger partial charge on any atom is -0.353 e. The lowest BCUT2D eigenvalue weighted by molar-refractivity contribution is -0.216. The summed E-state index contributed by atoms with van der Waals surface area (Å²) in [6, 6.07) is -0.227. The number of carbonyl (C=O) groups is 1. The van der Waals surface area contributed by atoms with Gasteiger partial charge in [0.2, 0.25) is 5.91 Å². The largest absolute Gasteiger partial charge is 0.404 e. The predicted molar refractivity (Wildman–Crippen MR) is 67.7 cm³/mol. The van der Waals surface area contributed by atoms with E-state index < -0.39 is 17.5 Å². The van der Waals surface area contributed by atoms with E-state index in [9.17, 15) is 18.0 Å². The average Bonchev–Trinajstić information content (AvgIpc) is 2.75. The smallest absolute Gasteiger partial charge is 0.353 e. The van der Waals surface area contributed by atoms with Gasteiger partial charge in [-0.3, -0.25) is 4.79 Å². The zero-order valence-corrected chi connectivity index (χ0v) is 11.7. The van der Waals surface area contributed by atoms with Gasteiger partial charge in [0, 0.05) is 12.6 Å². The molecular formula is C13H23F3N2O. The Bertz CT molecular complexity index is 310. The normalized spacial score (nSPS) is 25.6. The van der Waals surface area contributed by atoms with Gasteiger partial charge in [-0.1, -0.05) is 13.8 Å². The topological polar surface area (TPSA) is 41.1 Å². The first-order valence-corrected chi connectivity index (χ1v) is 6.77. The van der Waals surface area contributed by atoms with Crippen LogP contribution in [0.5, 0.6) is 0 Å². The Morgan fingerprint density at radius 2 is 1.95 bits per heavy atom. The Balaban J connectivity index is 2.64. The summed E-state index contributed by atoms with van der Waals surface area (Å²) < 4.78 is 39.4. The minimum atomic E-state index is -4.50. The third kappa shape index (κ3) is 3.84. The monoisotopic (exact) mass is 280 g/mol. The summed E-state index contributed by atoms with van der Waals surface area (Å²) in [6.45, 7) is 5.76. The number of carbonyl (C=O) groups excluding carboxylic acids is 1. The van der Waals surface area contributed by atoms with Gasteiger partial charge in [0.1, 0.15) is 0 Å². The first-order valence-electron chi connectivity index (χ1n) is 6.77. The number of hydrogen-bond acceptors (Lipinski definition) is 2. The van der Waals surface area contributed by atoms with E-state index in [2.05, 4.69) is 10.6 Å². The van der Waals surface area contributed by atoms with Crippen molar-refractivity contribution in [1.29, 1.82) is 0 Å². The van der Waals surface area contributed by atoms with Crippen LogP contribution < -0.4 is 10.6 Å². The molecular weight excluding hydrogens is 257 g/mol. The summed E-state index contributed by atoms with van der Waals surface area (Å²) in [5, 5.41) is 5.17. The Labute approximate surface area is 112 Å². The zero-order chi connectivity index (χ0) is 14.7. The molecule has 6 heteroatoms. The second kappa shape index (κ2) is 6.11. The highest BCUT2D eigenvalue weighted by molar-refractivity contribution is 5.84. The molecule has 1 aliphatic heterocycles. The van der Waals surface area contributed by atoms with Crippen LogP contribution in [-0.2, 0) is 4.79 Å². The van der Waals surface area contributed by atoms with Crippen molar-refractivity contribution in [2.24, 2.45) is 11.3 Å². The van der Waals surface area contributed by atoms with Crippen LogP contribution in [0.3, 0.4) is 0 Å². The van der Waals surface area contributed by atoms with Crippen molar-refractivity contribution in [3.05, 3.63) is 0 Å². The number of nitrogens with one attached hydrogen (secondary N) is 2. The van der Waals surface area contributed by atoms with E-state index in [1.807, 2.05) is 13.8 Å². The maximum atomic E-state index is 13.1. The zero-order valence-electron chi connectivity index (χ0n) is 11.7. The van der Waals surface area contributed by atoms with E-state index in [4.69, 9.17) is 0 Å². The molecule has 0 spiro atoms. The minimum absolute atomic E-state index is 0.181. The van der Waals surface area contributed by atoms with E-state index in [-0.39, 0.29) is 25.6 Å². The fourth-order valence-corrected chi connectivity index (χ4v) is 2.27. The maximum absolute atomic E-state index is 13.1. The SMILES string of the molecule is CC(C)CCC(C)NC(=O)C1(C(F)(F)F)CCNC1. The molecule has 3 nitrogen and oxygen atoms in total. The number of halogens is 3. The van der Waals surface area contributed by atoms with E-state index in [1.54, 1.807) is 6.92 Å². The van der Waals surface area contributed by atoms with Crippen molar-refractivity contribution < 1.29 is 18.0 Å². The third-order valence-electron chi connectivity index (χ3n) is 3.69. The van der Waals surface area contributed by atoms with Crippen LogP contribution in [0.2, 0.25) is 0 Å². The van der Waals surface area contributed by atoms with Gasteiger partial charge < -0.3 is 10.6 Å². The van der Waals surface area contributed by atoms with Crippen molar-refractivity contribution >= 4 is 5.91 Å². The molecule has 1 rings (SSSR count). The highest BCUT2D eigenvalue weighted by Crippen LogP contribution is 2.43. The molecule has 0 aromatic carbocycles. The van der Waals surface area contributed by atoms with Crippen molar-refractivity contribution in [3.8, 4) is 0 Å². The fourth-order valence-electron chi connectivity index (χ4n) is 2.27. The van der Waals surface area contributed by atoms with E-state index in [0.29, 0.717) is 12.3 Å². The van der Waals surface area contributed by atoms with Crippen LogP contribution >= 0.6 is 0 Å². The first kappa shape index (κ1) is 16.3. The second-order valence-electron chi connectivity index (χ2n) is 5.85. The van der Waals surface area contributed by atoms with Gasteiger partial charge in [0.25, 0.3) is 0 Å². The van der Waals surface area contributed by atoms with Gasteiger partial charge in [0.05, 0.1) is 0 Å². The molecule has 112 valence electrons. The molecule has 2 atom stereocenters. The van der Waals surface area contributed by atoms with Crippen LogP contribution in [0.1, 0.15) is 40.0 Å². The standard InChI is InChI=1S/C13H23F3N2O/c1-9(2)4-5-10(3)18-11(19)12(13(14,15)16)6-7-17-8-12/h9-10,17H,4-8H2,1-3H3,(H,18,19). The van der Waals surface area contributed by atoms with Gasteiger partial charge in [-0.2, -0.15) is 13.2 Å². The van der Waals surface area contributed by atoms with Crippen LogP contribution in [0.15, 0.2) is 0 Å². The summed E-state index contributed by atoms with van der Waals surface area (Å²) in [7, 11) is 0. The third-order valence-corrected chi connectivity index (χ3v) is 3.69. The summed E-state index contributed by atoms with van der Waals surface area (Å²) in [6.07, 6.45) is -3.10. The summed E-state index contributed by atoms with van der Waals surface area (Å²) in [4.78, 5) is 12.0. The Morgan fingerprint density at radius 1 is 1.32 bits per heavy atom. The van der Waals surface area contributed by atoms with Crippen LogP contribution in [0.4, 0.5) is 13.2 Å². The number of amides is 1. The van der Waals surface area contributed by atoms with E-state index >= 15 is 0 Å². The second-order valence-corrected chi connectivity index (χ2v) is 5.85. The van der Waals surface area contributed by atoms with Gasteiger partial charge in [0.15, 0.2) is 5.41 Å². The molecule has 0 bridgehead atoms. The quantitative estimate of drug-likeness (QED) is 0.812. The lowest BCUT2D eigenvalue weighted by Crippen LogP contribution is -2.54. The lowest BCUT2D eigenvalue weighted by Gasteiger charge is -2.31. The summed E-state index contributed by atoms with van der Waals surface area (Å²) in [5.41, 5.74) is -2.25. The predicted octanol–water partition coefficient (Wildman–Crippen LogP) is 2.47.